The van der Waals surface area contributed by atoms with E-state index >= 15 is 0 Å². The van der Waals surface area contributed by atoms with E-state index in [1.807, 2.05) is 6.92 Å². The lowest BCUT2D eigenvalue weighted by Gasteiger charge is -2.22. The second-order valence-electron chi connectivity index (χ2n) is 5.38. The van der Waals surface area contributed by atoms with Crippen LogP contribution >= 0.6 is 11.6 Å². The number of nitrogens with one attached hydrogen (secondary N) is 1. The highest BCUT2D eigenvalue weighted by Crippen LogP contribution is 2.12. The van der Waals surface area contributed by atoms with E-state index in [1.54, 1.807) is 24.3 Å². The van der Waals surface area contributed by atoms with Crippen LogP contribution in [-0.4, -0.2) is 56.7 Å². The largest absolute Gasteiger partial charge is 0.481 e. The van der Waals surface area contributed by atoms with Gasteiger partial charge in [-0.1, -0.05) is 11.6 Å². The normalized spacial score (nSPS) is 13.2. The molecule has 1 aromatic carbocycles. The van der Waals surface area contributed by atoms with Crippen molar-refractivity contribution in [2.45, 2.75) is 19.4 Å². The number of aliphatic carboxylic acids is 1. The Hall–Kier alpha value is -1.67. The molecule has 7 nitrogen and oxygen atoms in total. The highest BCUT2D eigenvalue weighted by atomic mass is 35.5. The lowest BCUT2D eigenvalue weighted by Crippen LogP contribution is -2.41. The van der Waals surface area contributed by atoms with E-state index in [0.29, 0.717) is 17.2 Å². The highest BCUT2D eigenvalue weighted by Gasteiger charge is 2.24. The second-order valence-corrected chi connectivity index (χ2v) is 5.82. The van der Waals surface area contributed by atoms with Crippen LogP contribution in [0.3, 0.4) is 0 Å². The van der Waals surface area contributed by atoms with Crippen molar-refractivity contribution in [3.63, 3.8) is 0 Å². The number of rotatable bonds is 12. The lowest BCUT2D eigenvalue weighted by molar-refractivity contribution is -0.144. The first-order chi connectivity index (χ1) is 12.0. The van der Waals surface area contributed by atoms with E-state index < -0.39 is 17.9 Å². The molecule has 0 aliphatic heterocycles. The van der Waals surface area contributed by atoms with Gasteiger partial charge in [0.05, 0.1) is 25.2 Å². The van der Waals surface area contributed by atoms with Gasteiger partial charge in [0.1, 0.15) is 6.79 Å². The Morgan fingerprint density at radius 3 is 2.44 bits per heavy atom. The number of ether oxygens (including phenoxy) is 3. The summed E-state index contributed by atoms with van der Waals surface area (Å²) in [6, 6.07) is 5.92. The molecule has 0 fully saturated rings. The van der Waals surface area contributed by atoms with Gasteiger partial charge in [0, 0.05) is 24.3 Å². The van der Waals surface area contributed by atoms with E-state index in [1.165, 1.54) is 7.11 Å². The summed E-state index contributed by atoms with van der Waals surface area (Å²) < 4.78 is 15.4. The predicted molar refractivity (Wildman–Crippen MR) is 92.8 cm³/mol. The minimum absolute atomic E-state index is 0.0497. The van der Waals surface area contributed by atoms with E-state index in [4.69, 9.17) is 25.8 Å². The Morgan fingerprint density at radius 2 is 1.88 bits per heavy atom. The zero-order valence-corrected chi connectivity index (χ0v) is 15.1. The number of halogens is 1. The predicted octanol–water partition coefficient (Wildman–Crippen LogP) is 2.19. The number of hydrogen-bond acceptors (Lipinski definition) is 5. The van der Waals surface area contributed by atoms with Crippen LogP contribution in [0.5, 0.6) is 0 Å². The zero-order valence-electron chi connectivity index (χ0n) is 14.4. The zero-order chi connectivity index (χ0) is 18.7. The molecule has 0 aromatic heterocycles. The van der Waals surface area contributed by atoms with Gasteiger partial charge >= 0.3 is 5.97 Å². The van der Waals surface area contributed by atoms with Gasteiger partial charge < -0.3 is 24.6 Å². The third kappa shape index (κ3) is 8.31. The van der Waals surface area contributed by atoms with Crippen molar-refractivity contribution in [1.29, 1.82) is 0 Å². The third-order valence-corrected chi connectivity index (χ3v) is 3.67. The third-order valence-electron chi connectivity index (χ3n) is 3.42. The van der Waals surface area contributed by atoms with Crippen LogP contribution in [0.15, 0.2) is 24.3 Å². The molecule has 1 rings (SSSR count). The van der Waals surface area contributed by atoms with E-state index in [-0.39, 0.29) is 32.3 Å². The van der Waals surface area contributed by atoms with Gasteiger partial charge in [-0.2, -0.15) is 0 Å². The summed E-state index contributed by atoms with van der Waals surface area (Å²) in [5.41, 5.74) is 0.429. The Labute approximate surface area is 152 Å². The fourth-order valence-electron chi connectivity index (χ4n) is 2.16. The van der Waals surface area contributed by atoms with Gasteiger partial charge in [0.15, 0.2) is 0 Å². The Bertz CT molecular complexity index is 536. The van der Waals surface area contributed by atoms with Gasteiger partial charge in [-0.05, 0) is 37.6 Å². The quantitative estimate of drug-likeness (QED) is 0.431. The van der Waals surface area contributed by atoms with Crippen molar-refractivity contribution < 1.29 is 28.9 Å². The van der Waals surface area contributed by atoms with Crippen molar-refractivity contribution in [3.05, 3.63) is 34.9 Å². The average Bonchev–Trinajstić information content (AvgIpc) is 2.58. The molecular formula is C17H24ClNO6. The number of carbonyl (C=O) groups is 2. The molecule has 0 aliphatic carbocycles. The maximum atomic E-state index is 12.3. The van der Waals surface area contributed by atoms with Crippen LogP contribution in [0.4, 0.5) is 0 Å². The first kappa shape index (κ1) is 21.4. The Balaban J connectivity index is 2.72. The van der Waals surface area contributed by atoms with Crippen molar-refractivity contribution in [3.8, 4) is 0 Å². The molecule has 0 radical (unpaired) electrons. The van der Waals surface area contributed by atoms with Crippen LogP contribution in [0, 0.1) is 5.92 Å². The number of carboxylic acids is 1. The van der Waals surface area contributed by atoms with Gasteiger partial charge in [0.2, 0.25) is 0 Å². The summed E-state index contributed by atoms with van der Waals surface area (Å²) in [4.78, 5) is 23.7. The van der Waals surface area contributed by atoms with E-state index in [2.05, 4.69) is 5.32 Å². The molecule has 0 saturated heterocycles. The molecule has 0 bridgehead atoms. The molecule has 0 heterocycles. The van der Waals surface area contributed by atoms with Gasteiger partial charge in [-0.15, -0.1) is 0 Å². The topological polar surface area (TPSA) is 94.1 Å². The number of amides is 1. The molecular weight excluding hydrogens is 350 g/mol. The average molecular weight is 374 g/mol. The number of benzene rings is 1. The second kappa shape index (κ2) is 11.8. The van der Waals surface area contributed by atoms with Crippen molar-refractivity contribution in [1.82, 2.24) is 5.32 Å². The molecule has 2 N–H and O–H groups in total. The highest BCUT2D eigenvalue weighted by molar-refractivity contribution is 6.30. The first-order valence-corrected chi connectivity index (χ1v) is 8.29. The van der Waals surface area contributed by atoms with Crippen LogP contribution in [-0.2, 0) is 19.0 Å². The van der Waals surface area contributed by atoms with Gasteiger partial charge in [-0.3, -0.25) is 9.59 Å². The molecule has 0 saturated carbocycles. The SMILES string of the molecule is CCOCOC[C@H](C[C@H](COC)C(=O)O)NC(=O)c1ccc(Cl)cc1. The molecule has 0 spiro atoms. The first-order valence-electron chi connectivity index (χ1n) is 7.91. The molecule has 140 valence electrons. The molecule has 25 heavy (non-hydrogen) atoms. The molecule has 0 aliphatic rings. The van der Waals surface area contributed by atoms with Gasteiger partial charge in [0.25, 0.3) is 5.91 Å². The molecule has 0 unspecified atom stereocenters. The maximum Gasteiger partial charge on any atom is 0.308 e. The Kier molecular flexibility index (Phi) is 10.1. The number of methoxy groups -OCH3 is 1. The molecule has 8 heteroatoms. The summed E-state index contributed by atoms with van der Waals surface area (Å²) in [5, 5.41) is 12.6. The van der Waals surface area contributed by atoms with Crippen LogP contribution < -0.4 is 5.32 Å². The van der Waals surface area contributed by atoms with Crippen LogP contribution in [0.25, 0.3) is 0 Å². The van der Waals surface area contributed by atoms with Crippen molar-refractivity contribution in [2.24, 2.45) is 5.92 Å². The summed E-state index contributed by atoms with van der Waals surface area (Å²) in [6.45, 7) is 2.60. The minimum Gasteiger partial charge on any atom is -0.481 e. The number of hydrogen-bond donors (Lipinski definition) is 2. The standard InChI is InChI=1S/C17H24ClNO6/c1-3-24-11-25-10-15(8-13(9-23-2)17(21)22)19-16(20)12-4-6-14(18)7-5-12/h4-7,13,15H,3,8-11H2,1-2H3,(H,19,20)(H,21,22)/t13-,15+/m1/s1. The minimum atomic E-state index is -0.989. The summed E-state index contributed by atoms with van der Waals surface area (Å²) in [5.74, 6) is -2.07. The fourth-order valence-corrected chi connectivity index (χ4v) is 2.28. The molecule has 1 aromatic rings. The van der Waals surface area contributed by atoms with Gasteiger partial charge in [-0.25, -0.2) is 0 Å². The monoisotopic (exact) mass is 373 g/mol. The maximum absolute atomic E-state index is 12.3. The van der Waals surface area contributed by atoms with Crippen LogP contribution in [0.2, 0.25) is 5.02 Å². The van der Waals surface area contributed by atoms with E-state index in [0.717, 1.165) is 0 Å². The molecule has 2 atom stereocenters. The summed E-state index contributed by atoms with van der Waals surface area (Å²) in [6.07, 6.45) is 0.175. The number of carboxylic acid groups (broad SMARTS) is 1. The number of carbonyl (C=O) groups excluding carboxylic acids is 1. The lowest BCUT2D eigenvalue weighted by atomic mass is 10.0. The summed E-state index contributed by atoms with van der Waals surface area (Å²) in [7, 11) is 1.43. The summed E-state index contributed by atoms with van der Waals surface area (Å²) >= 11 is 5.81. The van der Waals surface area contributed by atoms with Crippen molar-refractivity contribution >= 4 is 23.5 Å². The Morgan fingerprint density at radius 1 is 1.20 bits per heavy atom. The van der Waals surface area contributed by atoms with E-state index in [9.17, 15) is 14.7 Å². The van der Waals surface area contributed by atoms with Crippen LogP contribution in [0.1, 0.15) is 23.7 Å². The molecule has 1 amide bonds. The smallest absolute Gasteiger partial charge is 0.308 e. The fraction of sp³-hybridized carbons (Fsp3) is 0.529. The van der Waals surface area contributed by atoms with Crippen molar-refractivity contribution in [2.75, 3.05) is 33.7 Å².